The number of nitrogens with one attached hydrogen (secondary N) is 2. The van der Waals surface area contributed by atoms with Crippen LogP contribution in [-0.2, 0) is 16.0 Å². The van der Waals surface area contributed by atoms with Crippen molar-refractivity contribution in [2.24, 2.45) is 11.3 Å². The summed E-state index contributed by atoms with van der Waals surface area (Å²) in [7, 11) is 1.29. The summed E-state index contributed by atoms with van der Waals surface area (Å²) in [6.07, 6.45) is 4.41. The quantitative estimate of drug-likeness (QED) is 0.607. The Morgan fingerprint density at radius 2 is 1.81 bits per heavy atom. The van der Waals surface area contributed by atoms with Crippen molar-refractivity contribution in [1.82, 2.24) is 10.3 Å². The Morgan fingerprint density at radius 3 is 2.37 bits per heavy atom. The Bertz CT molecular complexity index is 727. The van der Waals surface area contributed by atoms with Crippen LogP contribution in [0, 0.1) is 18.3 Å². The minimum absolute atomic E-state index is 0.0198. The SMILES string of the molecule is COC(=O)c1c(CC(=O)NC2CCCCC2C(C)(C)C)[nH]c(C(C)=O)c1C. The predicted octanol–water partition coefficient (Wildman–Crippen LogP) is 3.58. The second kappa shape index (κ2) is 8.28. The van der Waals surface area contributed by atoms with Crippen LogP contribution < -0.4 is 5.32 Å². The van der Waals surface area contributed by atoms with Crippen molar-refractivity contribution in [2.45, 2.75) is 72.8 Å². The van der Waals surface area contributed by atoms with Gasteiger partial charge < -0.3 is 15.0 Å². The van der Waals surface area contributed by atoms with Crippen molar-refractivity contribution >= 4 is 17.7 Å². The summed E-state index contributed by atoms with van der Waals surface area (Å²) in [5.74, 6) is -0.431. The number of methoxy groups -OCH3 is 1. The minimum Gasteiger partial charge on any atom is -0.465 e. The van der Waals surface area contributed by atoms with E-state index in [-0.39, 0.29) is 35.1 Å². The van der Waals surface area contributed by atoms with Gasteiger partial charge in [-0.15, -0.1) is 0 Å². The Kier molecular flexibility index (Phi) is 6.50. The van der Waals surface area contributed by atoms with E-state index in [1.807, 2.05) is 0 Å². The number of rotatable bonds is 5. The summed E-state index contributed by atoms with van der Waals surface area (Å²) in [4.78, 5) is 39.7. The number of Topliss-reactive ketones (excluding diaryl/α,β-unsaturated/α-hetero) is 1. The second-order valence-electron chi connectivity index (χ2n) is 8.63. The Balaban J connectivity index is 2.21. The number of H-pyrrole nitrogens is 1. The van der Waals surface area contributed by atoms with Crippen LogP contribution in [-0.4, -0.2) is 35.8 Å². The summed E-state index contributed by atoms with van der Waals surface area (Å²) in [6.45, 7) is 9.76. The fourth-order valence-electron chi connectivity index (χ4n) is 4.28. The molecule has 6 heteroatoms. The van der Waals surface area contributed by atoms with Gasteiger partial charge in [0.15, 0.2) is 5.78 Å². The van der Waals surface area contributed by atoms with E-state index in [0.717, 1.165) is 19.3 Å². The van der Waals surface area contributed by atoms with Gasteiger partial charge in [0.05, 0.1) is 24.8 Å². The first kappa shape index (κ1) is 21.2. The molecule has 1 amide bonds. The lowest BCUT2D eigenvalue weighted by Crippen LogP contribution is -2.47. The van der Waals surface area contributed by atoms with Gasteiger partial charge in [0.2, 0.25) is 5.91 Å². The van der Waals surface area contributed by atoms with Crippen molar-refractivity contribution in [1.29, 1.82) is 0 Å². The highest BCUT2D eigenvalue weighted by Gasteiger charge is 2.35. The van der Waals surface area contributed by atoms with Crippen LogP contribution >= 0.6 is 0 Å². The van der Waals surface area contributed by atoms with Gasteiger partial charge in [-0.2, -0.15) is 0 Å². The van der Waals surface area contributed by atoms with Crippen LogP contribution in [0.15, 0.2) is 0 Å². The first-order chi connectivity index (χ1) is 12.6. The molecule has 150 valence electrons. The molecule has 27 heavy (non-hydrogen) atoms. The highest BCUT2D eigenvalue weighted by molar-refractivity contribution is 6.01. The molecule has 2 atom stereocenters. The van der Waals surface area contributed by atoms with Gasteiger partial charge in [-0.05, 0) is 36.7 Å². The molecule has 1 saturated carbocycles. The Hall–Kier alpha value is -2.11. The van der Waals surface area contributed by atoms with Crippen LogP contribution in [0.25, 0.3) is 0 Å². The predicted molar refractivity (Wildman–Crippen MR) is 104 cm³/mol. The molecule has 0 aliphatic heterocycles. The molecule has 2 rings (SSSR count). The second-order valence-corrected chi connectivity index (χ2v) is 8.63. The molecule has 2 unspecified atom stereocenters. The van der Waals surface area contributed by atoms with Crippen molar-refractivity contribution in [3.05, 3.63) is 22.5 Å². The summed E-state index contributed by atoms with van der Waals surface area (Å²) >= 11 is 0. The van der Waals surface area contributed by atoms with Crippen LogP contribution in [0.1, 0.15) is 85.5 Å². The number of aromatic nitrogens is 1. The molecular weight excluding hydrogens is 344 g/mol. The molecule has 2 N–H and O–H groups in total. The number of carbonyl (C=O) groups is 3. The average molecular weight is 376 g/mol. The van der Waals surface area contributed by atoms with Gasteiger partial charge in [0.1, 0.15) is 0 Å². The zero-order chi connectivity index (χ0) is 20.4. The lowest BCUT2D eigenvalue weighted by atomic mass is 9.69. The molecule has 0 saturated heterocycles. The van der Waals surface area contributed by atoms with E-state index in [1.165, 1.54) is 20.5 Å². The smallest absolute Gasteiger partial charge is 0.339 e. The van der Waals surface area contributed by atoms with Crippen molar-refractivity contribution in [2.75, 3.05) is 7.11 Å². The van der Waals surface area contributed by atoms with E-state index in [4.69, 9.17) is 4.74 Å². The highest BCUT2D eigenvalue weighted by Crippen LogP contribution is 2.38. The number of esters is 1. The van der Waals surface area contributed by atoms with Gasteiger partial charge in [-0.3, -0.25) is 9.59 Å². The van der Waals surface area contributed by atoms with Gasteiger partial charge in [0.25, 0.3) is 0 Å². The zero-order valence-corrected chi connectivity index (χ0v) is 17.3. The van der Waals surface area contributed by atoms with Gasteiger partial charge >= 0.3 is 5.97 Å². The maximum absolute atomic E-state index is 12.7. The Morgan fingerprint density at radius 1 is 1.19 bits per heavy atom. The molecule has 1 aliphatic rings. The molecule has 0 aromatic carbocycles. The number of hydrogen-bond acceptors (Lipinski definition) is 4. The lowest BCUT2D eigenvalue weighted by molar-refractivity contribution is -0.122. The molecule has 0 radical (unpaired) electrons. The van der Waals surface area contributed by atoms with Crippen molar-refractivity contribution in [3.8, 4) is 0 Å². The first-order valence-electron chi connectivity index (χ1n) is 9.66. The molecule has 1 heterocycles. The normalized spacial score (nSPS) is 20.2. The van der Waals surface area contributed by atoms with Crippen LogP contribution in [0.5, 0.6) is 0 Å². The zero-order valence-electron chi connectivity index (χ0n) is 17.3. The lowest BCUT2D eigenvalue weighted by Gasteiger charge is -2.40. The van der Waals surface area contributed by atoms with E-state index < -0.39 is 5.97 Å². The molecule has 0 bridgehead atoms. The maximum Gasteiger partial charge on any atom is 0.339 e. The third-order valence-corrected chi connectivity index (χ3v) is 5.63. The topological polar surface area (TPSA) is 88.3 Å². The maximum atomic E-state index is 12.7. The molecule has 0 spiro atoms. The van der Waals surface area contributed by atoms with Crippen molar-refractivity contribution in [3.63, 3.8) is 0 Å². The van der Waals surface area contributed by atoms with E-state index >= 15 is 0 Å². The largest absolute Gasteiger partial charge is 0.465 e. The Labute approximate surface area is 161 Å². The van der Waals surface area contributed by atoms with Gasteiger partial charge in [-0.25, -0.2) is 4.79 Å². The molecule has 6 nitrogen and oxygen atoms in total. The number of amides is 1. The number of aromatic amines is 1. The molecule has 1 fully saturated rings. The molecule has 1 aliphatic carbocycles. The molecule has 1 aromatic rings. The standard InChI is InChI=1S/C21H32N2O4/c1-12-18(20(26)27-6)16(23-19(12)13(2)24)11-17(25)22-15-10-8-7-9-14(15)21(3,4)5/h14-15,23H,7-11H2,1-6H3,(H,22,25). The van der Waals surface area contributed by atoms with Gasteiger partial charge in [-0.1, -0.05) is 33.6 Å². The minimum atomic E-state index is -0.538. The third kappa shape index (κ3) is 4.79. The van der Waals surface area contributed by atoms with E-state index in [9.17, 15) is 14.4 Å². The van der Waals surface area contributed by atoms with E-state index in [1.54, 1.807) is 6.92 Å². The summed E-state index contributed by atoms with van der Waals surface area (Å²) in [5.41, 5.74) is 1.73. The van der Waals surface area contributed by atoms with Crippen LogP contribution in [0.3, 0.4) is 0 Å². The van der Waals surface area contributed by atoms with Crippen molar-refractivity contribution < 1.29 is 19.1 Å². The first-order valence-corrected chi connectivity index (χ1v) is 9.66. The van der Waals surface area contributed by atoms with E-state index in [2.05, 4.69) is 31.1 Å². The number of ether oxygens (including phenoxy) is 1. The van der Waals surface area contributed by atoms with E-state index in [0.29, 0.717) is 22.9 Å². The number of carbonyl (C=O) groups excluding carboxylic acids is 3. The fraction of sp³-hybridized carbons (Fsp3) is 0.667. The molecular formula is C21H32N2O4. The fourth-order valence-corrected chi connectivity index (χ4v) is 4.28. The third-order valence-electron chi connectivity index (χ3n) is 5.63. The number of ketones is 1. The monoisotopic (exact) mass is 376 g/mol. The van der Waals surface area contributed by atoms with Crippen LogP contribution in [0.4, 0.5) is 0 Å². The summed E-state index contributed by atoms with van der Waals surface area (Å²) in [6, 6.07) is 0.135. The average Bonchev–Trinajstić information content (AvgIpc) is 2.90. The summed E-state index contributed by atoms with van der Waals surface area (Å²) in [5, 5.41) is 3.17. The molecule has 1 aromatic heterocycles. The van der Waals surface area contributed by atoms with Gasteiger partial charge in [0, 0.05) is 18.7 Å². The highest BCUT2D eigenvalue weighted by atomic mass is 16.5. The van der Waals surface area contributed by atoms with Crippen LogP contribution in [0.2, 0.25) is 0 Å². The summed E-state index contributed by atoms with van der Waals surface area (Å²) < 4.78 is 4.84. The number of hydrogen-bond donors (Lipinski definition) is 2.